The number of nitrogens with one attached hydrogen (secondary N) is 1. The minimum atomic E-state index is 0.605. The van der Waals surface area contributed by atoms with Gasteiger partial charge in [0.15, 0.2) is 5.82 Å². The molecular formula is C10H11ClN4O. The van der Waals surface area contributed by atoms with Crippen LogP contribution in [0.1, 0.15) is 5.82 Å². The highest BCUT2D eigenvalue weighted by molar-refractivity contribution is 6.33. The van der Waals surface area contributed by atoms with Crippen molar-refractivity contribution < 1.29 is 4.52 Å². The summed E-state index contributed by atoms with van der Waals surface area (Å²) >= 11 is 6.00. The second-order valence-corrected chi connectivity index (χ2v) is 3.67. The molecule has 2 aromatic rings. The Hall–Kier alpha value is -1.75. The number of hydrogen-bond acceptors (Lipinski definition) is 5. The summed E-state index contributed by atoms with van der Waals surface area (Å²) in [5, 5.41) is 7.48. The van der Waals surface area contributed by atoms with E-state index in [9.17, 15) is 0 Å². The van der Waals surface area contributed by atoms with Crippen LogP contribution in [0.15, 0.2) is 29.1 Å². The fraction of sp³-hybridized carbons (Fsp3) is 0.200. The van der Waals surface area contributed by atoms with Gasteiger partial charge in [0.25, 0.3) is 0 Å². The van der Waals surface area contributed by atoms with Crippen LogP contribution >= 0.6 is 11.6 Å². The predicted molar refractivity (Wildman–Crippen MR) is 62.4 cm³/mol. The van der Waals surface area contributed by atoms with Crippen molar-refractivity contribution in [3.05, 3.63) is 35.4 Å². The van der Waals surface area contributed by atoms with Gasteiger partial charge in [-0.2, -0.15) is 4.98 Å². The zero-order valence-electron chi connectivity index (χ0n) is 8.48. The Labute approximate surface area is 97.6 Å². The number of aromatic nitrogens is 2. The van der Waals surface area contributed by atoms with Crippen molar-refractivity contribution in [3.63, 3.8) is 0 Å². The summed E-state index contributed by atoms with van der Waals surface area (Å²) in [5.74, 6) is 0.666. The fourth-order valence-electron chi connectivity index (χ4n) is 1.29. The van der Waals surface area contributed by atoms with Gasteiger partial charge < -0.3 is 15.6 Å². The molecule has 16 heavy (non-hydrogen) atoms. The average Bonchev–Trinajstić information content (AvgIpc) is 2.74. The van der Waals surface area contributed by atoms with E-state index in [0.29, 0.717) is 29.5 Å². The van der Waals surface area contributed by atoms with Crippen molar-refractivity contribution >= 4 is 23.0 Å². The van der Waals surface area contributed by atoms with Crippen LogP contribution < -0.4 is 11.1 Å². The van der Waals surface area contributed by atoms with Gasteiger partial charge in [-0.3, -0.25) is 0 Å². The number of hydrogen-bond donors (Lipinski definition) is 2. The average molecular weight is 239 g/mol. The summed E-state index contributed by atoms with van der Waals surface area (Å²) in [5.41, 5.74) is 7.08. The molecule has 1 heterocycles. The smallest absolute Gasteiger partial charge is 0.213 e. The van der Waals surface area contributed by atoms with Gasteiger partial charge in [0.2, 0.25) is 6.39 Å². The lowest BCUT2D eigenvalue weighted by atomic mass is 10.2. The maximum absolute atomic E-state index is 6.00. The van der Waals surface area contributed by atoms with Gasteiger partial charge in [-0.05, 0) is 18.2 Å². The van der Waals surface area contributed by atoms with E-state index < -0.39 is 0 Å². The molecule has 0 spiro atoms. The molecule has 0 aliphatic heterocycles. The van der Waals surface area contributed by atoms with E-state index in [4.69, 9.17) is 17.3 Å². The number of rotatable bonds is 4. The molecule has 0 amide bonds. The maximum Gasteiger partial charge on any atom is 0.213 e. The van der Waals surface area contributed by atoms with Crippen LogP contribution in [-0.4, -0.2) is 16.7 Å². The van der Waals surface area contributed by atoms with Crippen molar-refractivity contribution in [1.29, 1.82) is 0 Å². The Morgan fingerprint density at radius 2 is 2.31 bits per heavy atom. The zero-order valence-corrected chi connectivity index (χ0v) is 9.24. The van der Waals surface area contributed by atoms with E-state index in [-0.39, 0.29) is 0 Å². The normalized spacial score (nSPS) is 10.3. The quantitative estimate of drug-likeness (QED) is 0.797. The van der Waals surface area contributed by atoms with E-state index >= 15 is 0 Å². The van der Waals surface area contributed by atoms with E-state index in [1.54, 1.807) is 12.1 Å². The SMILES string of the molecule is Nc1ccc(NCCc2ncon2)c(Cl)c1. The molecule has 1 aromatic heterocycles. The second-order valence-electron chi connectivity index (χ2n) is 3.26. The Bertz CT molecular complexity index is 458. The number of halogens is 1. The third-order valence-electron chi connectivity index (χ3n) is 2.06. The van der Waals surface area contributed by atoms with E-state index in [2.05, 4.69) is 20.0 Å². The van der Waals surface area contributed by atoms with E-state index in [1.807, 2.05) is 6.07 Å². The first-order chi connectivity index (χ1) is 7.75. The summed E-state index contributed by atoms with van der Waals surface area (Å²) in [7, 11) is 0. The van der Waals surface area contributed by atoms with Gasteiger partial charge in [0.05, 0.1) is 10.7 Å². The molecule has 0 unspecified atom stereocenters. The van der Waals surface area contributed by atoms with Gasteiger partial charge in [0, 0.05) is 18.7 Å². The minimum absolute atomic E-state index is 0.605. The van der Waals surface area contributed by atoms with Gasteiger partial charge in [-0.25, -0.2) is 0 Å². The van der Waals surface area contributed by atoms with Gasteiger partial charge in [-0.15, -0.1) is 0 Å². The van der Waals surface area contributed by atoms with Crippen molar-refractivity contribution in [2.24, 2.45) is 0 Å². The fourth-order valence-corrected chi connectivity index (χ4v) is 1.54. The van der Waals surface area contributed by atoms with Crippen LogP contribution in [0.5, 0.6) is 0 Å². The molecule has 0 bridgehead atoms. The number of nitrogens with zero attached hydrogens (tertiary/aromatic N) is 2. The molecular weight excluding hydrogens is 228 g/mol. The standard InChI is InChI=1S/C10H11ClN4O/c11-8-5-7(12)1-2-9(8)13-4-3-10-14-6-16-15-10/h1-2,5-6,13H,3-4,12H2. The first-order valence-corrected chi connectivity index (χ1v) is 5.17. The third-order valence-corrected chi connectivity index (χ3v) is 2.38. The monoisotopic (exact) mass is 238 g/mol. The van der Waals surface area contributed by atoms with Crippen molar-refractivity contribution in [3.8, 4) is 0 Å². The predicted octanol–water partition coefficient (Wildman–Crippen LogP) is 1.96. The van der Waals surface area contributed by atoms with Gasteiger partial charge >= 0.3 is 0 Å². The van der Waals surface area contributed by atoms with Crippen LogP contribution in [0, 0.1) is 0 Å². The summed E-state index contributed by atoms with van der Waals surface area (Å²) in [6, 6.07) is 5.34. The first kappa shape index (κ1) is 10.8. The topological polar surface area (TPSA) is 77.0 Å². The van der Waals surface area contributed by atoms with Crippen LogP contribution in [0.2, 0.25) is 5.02 Å². The van der Waals surface area contributed by atoms with Crippen LogP contribution in [0.4, 0.5) is 11.4 Å². The van der Waals surface area contributed by atoms with E-state index in [1.165, 1.54) is 6.39 Å². The zero-order chi connectivity index (χ0) is 11.4. The highest BCUT2D eigenvalue weighted by Crippen LogP contribution is 2.23. The Morgan fingerprint density at radius 3 is 3.00 bits per heavy atom. The molecule has 6 heteroatoms. The molecule has 0 fully saturated rings. The third kappa shape index (κ3) is 2.64. The van der Waals surface area contributed by atoms with Crippen molar-refractivity contribution in [2.75, 3.05) is 17.6 Å². The Kier molecular flexibility index (Phi) is 3.26. The molecule has 2 rings (SSSR count). The lowest BCUT2D eigenvalue weighted by molar-refractivity contribution is 0.410. The number of anilines is 2. The van der Waals surface area contributed by atoms with Gasteiger partial charge in [0.1, 0.15) is 0 Å². The summed E-state index contributed by atoms with van der Waals surface area (Å²) in [6.07, 6.45) is 1.99. The number of benzene rings is 1. The lowest BCUT2D eigenvalue weighted by Crippen LogP contribution is -2.06. The van der Waals surface area contributed by atoms with Crippen LogP contribution in [0.25, 0.3) is 0 Å². The summed E-state index contributed by atoms with van der Waals surface area (Å²) in [6.45, 7) is 0.684. The van der Waals surface area contributed by atoms with Gasteiger partial charge in [-0.1, -0.05) is 16.8 Å². The van der Waals surface area contributed by atoms with Crippen molar-refractivity contribution in [1.82, 2.24) is 10.1 Å². The second kappa shape index (κ2) is 4.85. The highest BCUT2D eigenvalue weighted by atomic mass is 35.5. The molecule has 0 saturated carbocycles. The number of nitrogen functional groups attached to an aromatic ring is 1. The molecule has 84 valence electrons. The Morgan fingerprint density at radius 1 is 1.44 bits per heavy atom. The number of nitrogens with two attached hydrogens (primary N) is 1. The van der Waals surface area contributed by atoms with E-state index in [0.717, 1.165) is 5.69 Å². The molecule has 0 atom stereocenters. The lowest BCUT2D eigenvalue weighted by Gasteiger charge is -2.07. The maximum atomic E-state index is 6.00. The van der Waals surface area contributed by atoms with Crippen LogP contribution in [-0.2, 0) is 6.42 Å². The molecule has 3 N–H and O–H groups in total. The summed E-state index contributed by atoms with van der Waals surface area (Å²) < 4.78 is 4.63. The highest BCUT2D eigenvalue weighted by Gasteiger charge is 2.01. The van der Waals surface area contributed by atoms with Crippen molar-refractivity contribution in [2.45, 2.75) is 6.42 Å². The molecule has 0 radical (unpaired) electrons. The largest absolute Gasteiger partial charge is 0.399 e. The summed E-state index contributed by atoms with van der Waals surface area (Å²) in [4.78, 5) is 3.91. The molecule has 1 aromatic carbocycles. The minimum Gasteiger partial charge on any atom is -0.399 e. The molecule has 0 aliphatic rings. The first-order valence-electron chi connectivity index (χ1n) is 4.80. The van der Waals surface area contributed by atoms with Crippen LogP contribution in [0.3, 0.4) is 0 Å². The Balaban J connectivity index is 1.90. The molecule has 0 saturated heterocycles. The molecule has 5 nitrogen and oxygen atoms in total. The molecule has 0 aliphatic carbocycles.